The number of hydrogen-bond acceptors (Lipinski definition) is 3. The molecule has 4 nitrogen and oxygen atoms in total. The van der Waals surface area contributed by atoms with Crippen molar-refractivity contribution in [2.45, 2.75) is 77.9 Å². The van der Waals surface area contributed by atoms with Crippen LogP contribution in [0.3, 0.4) is 0 Å². The Morgan fingerprint density at radius 2 is 2.08 bits per heavy atom. The second-order valence-electron chi connectivity index (χ2n) is 8.66. The Bertz CT molecular complexity index is 617. The highest BCUT2D eigenvalue weighted by Crippen LogP contribution is 2.33. The summed E-state index contributed by atoms with van der Waals surface area (Å²) in [6.07, 6.45) is 7.18. The topological polar surface area (TPSA) is 41.6 Å². The van der Waals surface area contributed by atoms with Crippen molar-refractivity contribution >= 4 is 17.5 Å². The molecular formula is C21H32N2O2. The van der Waals surface area contributed by atoms with Crippen molar-refractivity contribution in [1.29, 1.82) is 0 Å². The van der Waals surface area contributed by atoms with E-state index in [9.17, 15) is 4.79 Å². The molecule has 1 aliphatic heterocycles. The highest BCUT2D eigenvalue weighted by molar-refractivity contribution is 5.90. The van der Waals surface area contributed by atoms with E-state index in [1.165, 1.54) is 31.2 Å². The summed E-state index contributed by atoms with van der Waals surface area (Å²) in [5.41, 5.74) is 2.93. The number of carbonyl (C=O) groups is 1. The highest BCUT2D eigenvalue weighted by Gasteiger charge is 2.27. The van der Waals surface area contributed by atoms with Gasteiger partial charge in [-0.05, 0) is 76.6 Å². The minimum atomic E-state index is -0.465. The van der Waals surface area contributed by atoms with Crippen LogP contribution in [0, 0.1) is 5.92 Å². The summed E-state index contributed by atoms with van der Waals surface area (Å²) >= 11 is 0. The summed E-state index contributed by atoms with van der Waals surface area (Å²) in [7, 11) is 0. The molecule has 138 valence electrons. The Labute approximate surface area is 151 Å². The maximum absolute atomic E-state index is 12.5. The molecule has 1 aromatic carbocycles. The van der Waals surface area contributed by atoms with Crippen molar-refractivity contribution in [1.82, 2.24) is 0 Å². The van der Waals surface area contributed by atoms with Crippen LogP contribution in [-0.4, -0.2) is 24.3 Å². The van der Waals surface area contributed by atoms with Crippen LogP contribution in [0.4, 0.5) is 16.2 Å². The Hall–Kier alpha value is -1.71. The molecule has 0 saturated heterocycles. The molecule has 1 amide bonds. The molecule has 1 N–H and O–H groups in total. The molecule has 3 rings (SSSR count). The summed E-state index contributed by atoms with van der Waals surface area (Å²) in [5, 5.41) is 3.64. The summed E-state index contributed by atoms with van der Waals surface area (Å²) in [6, 6.07) is 6.87. The number of benzene rings is 1. The minimum Gasteiger partial charge on any atom is -0.443 e. The lowest BCUT2D eigenvalue weighted by Crippen LogP contribution is -2.39. The zero-order valence-corrected chi connectivity index (χ0v) is 16.1. The Balaban J connectivity index is 1.67. The maximum atomic E-state index is 12.5. The molecule has 0 bridgehead atoms. The fraction of sp³-hybridized carbons (Fsp3) is 0.667. The van der Waals surface area contributed by atoms with Crippen molar-refractivity contribution < 1.29 is 9.53 Å². The number of carbonyl (C=O) groups excluding carboxylic acids is 1. The van der Waals surface area contributed by atoms with E-state index < -0.39 is 5.60 Å². The molecule has 1 fully saturated rings. The van der Waals surface area contributed by atoms with Gasteiger partial charge in [-0.15, -0.1) is 0 Å². The number of hydrogen-bond donors (Lipinski definition) is 1. The first-order valence-corrected chi connectivity index (χ1v) is 9.72. The van der Waals surface area contributed by atoms with E-state index in [0.29, 0.717) is 6.04 Å². The Morgan fingerprint density at radius 1 is 1.32 bits per heavy atom. The van der Waals surface area contributed by atoms with Crippen LogP contribution < -0.4 is 10.2 Å². The first-order chi connectivity index (χ1) is 11.8. The van der Waals surface area contributed by atoms with E-state index in [1.807, 2.05) is 20.8 Å². The molecule has 0 aromatic heterocycles. The predicted molar refractivity (Wildman–Crippen MR) is 103 cm³/mol. The third kappa shape index (κ3) is 4.68. The van der Waals surface area contributed by atoms with Crippen LogP contribution in [0.1, 0.15) is 65.4 Å². The molecule has 1 aliphatic carbocycles. The molecule has 0 radical (unpaired) electrons. The monoisotopic (exact) mass is 344 g/mol. The van der Waals surface area contributed by atoms with Gasteiger partial charge in [-0.2, -0.15) is 0 Å². The Morgan fingerprint density at radius 3 is 2.72 bits per heavy atom. The zero-order valence-electron chi connectivity index (χ0n) is 16.1. The van der Waals surface area contributed by atoms with Gasteiger partial charge in [-0.3, -0.25) is 4.90 Å². The third-order valence-electron chi connectivity index (χ3n) is 5.14. The number of rotatable bonds is 4. The lowest BCUT2D eigenvalue weighted by molar-refractivity contribution is 0.0578. The SMILES string of the molecule is CC(CC1CCC1)Nc1ccc2c(c1)CCCN2C(=O)OC(C)(C)C. The minimum absolute atomic E-state index is 0.243. The van der Waals surface area contributed by atoms with E-state index in [-0.39, 0.29) is 6.09 Å². The summed E-state index contributed by atoms with van der Waals surface area (Å²) < 4.78 is 5.56. The number of amides is 1. The first kappa shape index (κ1) is 18.1. The van der Waals surface area contributed by atoms with Gasteiger partial charge >= 0.3 is 6.09 Å². The third-order valence-corrected chi connectivity index (χ3v) is 5.14. The van der Waals surface area contributed by atoms with Crippen molar-refractivity contribution in [3.63, 3.8) is 0 Å². The average Bonchev–Trinajstić information content (AvgIpc) is 2.48. The standard InChI is InChI=1S/C21H32N2O2/c1-15(13-16-7-5-8-16)22-18-10-11-19-17(14-18)9-6-12-23(19)20(24)25-21(2,3)4/h10-11,14-16,22H,5-9,12-13H2,1-4H3. The van der Waals surface area contributed by atoms with Crippen LogP contribution in [0.15, 0.2) is 18.2 Å². The van der Waals surface area contributed by atoms with Crippen molar-refractivity contribution in [2.75, 3.05) is 16.8 Å². The van der Waals surface area contributed by atoms with Crippen LogP contribution >= 0.6 is 0 Å². The van der Waals surface area contributed by atoms with Gasteiger partial charge in [-0.1, -0.05) is 19.3 Å². The van der Waals surface area contributed by atoms with Crippen LogP contribution in [0.5, 0.6) is 0 Å². The number of nitrogens with zero attached hydrogens (tertiary/aromatic N) is 1. The molecule has 1 unspecified atom stereocenters. The van der Waals surface area contributed by atoms with Crippen LogP contribution in [0.25, 0.3) is 0 Å². The van der Waals surface area contributed by atoms with Crippen LogP contribution in [0.2, 0.25) is 0 Å². The maximum Gasteiger partial charge on any atom is 0.414 e. The average molecular weight is 344 g/mol. The number of aryl methyl sites for hydroxylation is 1. The lowest BCUT2D eigenvalue weighted by Gasteiger charge is -2.32. The fourth-order valence-electron chi connectivity index (χ4n) is 3.77. The molecule has 2 aliphatic rings. The van der Waals surface area contributed by atoms with Gasteiger partial charge < -0.3 is 10.1 Å². The van der Waals surface area contributed by atoms with E-state index in [2.05, 4.69) is 30.4 Å². The fourth-order valence-corrected chi connectivity index (χ4v) is 3.77. The quantitative estimate of drug-likeness (QED) is 0.799. The molecule has 1 aromatic rings. The van der Waals surface area contributed by atoms with Crippen molar-refractivity contribution in [3.05, 3.63) is 23.8 Å². The number of fused-ring (bicyclic) bond motifs is 1. The van der Waals surface area contributed by atoms with Gasteiger partial charge in [0.25, 0.3) is 0 Å². The smallest absolute Gasteiger partial charge is 0.414 e. The molecule has 4 heteroatoms. The number of anilines is 2. The second kappa shape index (κ2) is 7.27. The largest absolute Gasteiger partial charge is 0.443 e. The van der Waals surface area contributed by atoms with Gasteiger partial charge in [0, 0.05) is 18.3 Å². The lowest BCUT2D eigenvalue weighted by atomic mass is 9.81. The molecule has 1 saturated carbocycles. The first-order valence-electron chi connectivity index (χ1n) is 9.72. The number of nitrogens with one attached hydrogen (secondary N) is 1. The summed E-state index contributed by atoms with van der Waals surface area (Å²) in [6.45, 7) is 8.72. The molecule has 1 heterocycles. The Kier molecular flexibility index (Phi) is 5.26. The van der Waals surface area contributed by atoms with Crippen molar-refractivity contribution in [3.8, 4) is 0 Å². The molecule has 1 atom stereocenters. The van der Waals surface area contributed by atoms with E-state index in [0.717, 1.165) is 36.7 Å². The zero-order chi connectivity index (χ0) is 18.0. The summed E-state index contributed by atoms with van der Waals surface area (Å²) in [5.74, 6) is 0.905. The van der Waals surface area contributed by atoms with Gasteiger partial charge in [0.15, 0.2) is 0 Å². The van der Waals surface area contributed by atoms with E-state index in [1.54, 1.807) is 4.90 Å². The molecule has 0 spiro atoms. The van der Waals surface area contributed by atoms with Gasteiger partial charge in [-0.25, -0.2) is 4.79 Å². The van der Waals surface area contributed by atoms with Gasteiger partial charge in [0.2, 0.25) is 0 Å². The highest BCUT2D eigenvalue weighted by atomic mass is 16.6. The van der Waals surface area contributed by atoms with Gasteiger partial charge in [0.1, 0.15) is 5.60 Å². The van der Waals surface area contributed by atoms with Gasteiger partial charge in [0.05, 0.1) is 5.69 Å². The molecule has 25 heavy (non-hydrogen) atoms. The van der Waals surface area contributed by atoms with Crippen molar-refractivity contribution in [2.24, 2.45) is 5.92 Å². The van der Waals surface area contributed by atoms with Crippen LogP contribution in [-0.2, 0) is 11.2 Å². The normalized spacial score (nSPS) is 19.0. The van der Waals surface area contributed by atoms with E-state index >= 15 is 0 Å². The second-order valence-corrected chi connectivity index (χ2v) is 8.66. The van der Waals surface area contributed by atoms with E-state index in [4.69, 9.17) is 4.74 Å². The summed E-state index contributed by atoms with van der Waals surface area (Å²) in [4.78, 5) is 14.3. The number of ether oxygens (including phenoxy) is 1. The predicted octanol–water partition coefficient (Wildman–Crippen LogP) is 5.36. The molecular weight excluding hydrogens is 312 g/mol.